The minimum absolute atomic E-state index is 0.280. The van der Waals surface area contributed by atoms with Crippen LogP contribution in [0.5, 0.6) is 0 Å². The Bertz CT molecular complexity index is 523. The zero-order valence-corrected chi connectivity index (χ0v) is 9.02. The number of H-pyrrole nitrogens is 1. The number of aromatic nitrogens is 2. The first kappa shape index (κ1) is 10.1. The number of nitrogens with zero attached hydrogens (tertiary/aromatic N) is 1. The number of para-hydroxylation sites is 1. The summed E-state index contributed by atoms with van der Waals surface area (Å²) in [5, 5.41) is 25.5. The minimum Gasteiger partial charge on any atom is -0.479 e. The number of aromatic amines is 1. The summed E-state index contributed by atoms with van der Waals surface area (Å²) in [7, 11) is 0. The van der Waals surface area contributed by atoms with Crippen LogP contribution < -0.4 is 0 Å². The van der Waals surface area contributed by atoms with E-state index < -0.39 is 12.1 Å². The maximum atomic E-state index is 10.7. The molecule has 15 heavy (non-hydrogen) atoms. The lowest BCUT2D eigenvalue weighted by Crippen LogP contribution is -2.10. The zero-order chi connectivity index (χ0) is 11.0. The van der Waals surface area contributed by atoms with Gasteiger partial charge in [0.1, 0.15) is 4.60 Å². The highest BCUT2D eigenvalue weighted by Gasteiger charge is 2.20. The Balaban J connectivity index is 2.66. The number of aliphatic hydroxyl groups is 1. The SMILES string of the molecule is O=C(O)C(O)c1cccc2c(Br)[nH]nc12. The summed E-state index contributed by atoms with van der Waals surface area (Å²) in [4.78, 5) is 10.7. The number of carboxylic acid groups (broad SMARTS) is 1. The van der Waals surface area contributed by atoms with E-state index in [0.29, 0.717) is 10.1 Å². The largest absolute Gasteiger partial charge is 0.479 e. The van der Waals surface area contributed by atoms with Gasteiger partial charge in [0.15, 0.2) is 6.10 Å². The summed E-state index contributed by atoms with van der Waals surface area (Å²) in [5.41, 5.74) is 0.737. The Morgan fingerprint density at radius 1 is 1.53 bits per heavy atom. The number of benzene rings is 1. The summed E-state index contributed by atoms with van der Waals surface area (Å²) in [6, 6.07) is 4.99. The van der Waals surface area contributed by atoms with E-state index in [1.165, 1.54) is 6.07 Å². The fourth-order valence-corrected chi connectivity index (χ4v) is 1.79. The number of carbonyl (C=O) groups is 1. The van der Waals surface area contributed by atoms with Crippen LogP contribution in [-0.2, 0) is 4.79 Å². The molecule has 0 aliphatic rings. The van der Waals surface area contributed by atoms with Crippen molar-refractivity contribution < 1.29 is 15.0 Å². The van der Waals surface area contributed by atoms with E-state index in [0.717, 1.165) is 5.39 Å². The highest BCUT2D eigenvalue weighted by atomic mass is 79.9. The highest BCUT2D eigenvalue weighted by molar-refractivity contribution is 9.10. The van der Waals surface area contributed by atoms with E-state index in [2.05, 4.69) is 26.1 Å². The van der Waals surface area contributed by atoms with Crippen LogP contribution in [0.2, 0.25) is 0 Å². The average Bonchev–Trinajstić information content (AvgIpc) is 2.59. The van der Waals surface area contributed by atoms with Crippen molar-refractivity contribution in [3.63, 3.8) is 0 Å². The van der Waals surface area contributed by atoms with Gasteiger partial charge in [-0.2, -0.15) is 5.10 Å². The molecule has 0 amide bonds. The third-order valence-corrected chi connectivity index (χ3v) is 2.70. The monoisotopic (exact) mass is 270 g/mol. The van der Waals surface area contributed by atoms with Crippen LogP contribution in [-0.4, -0.2) is 26.4 Å². The third-order valence-electron chi connectivity index (χ3n) is 2.10. The molecular formula is C9H7BrN2O3. The normalized spacial score (nSPS) is 12.9. The van der Waals surface area contributed by atoms with Gasteiger partial charge < -0.3 is 10.2 Å². The van der Waals surface area contributed by atoms with Crippen molar-refractivity contribution in [3.8, 4) is 0 Å². The first-order chi connectivity index (χ1) is 7.11. The number of hydrogen-bond donors (Lipinski definition) is 3. The van der Waals surface area contributed by atoms with E-state index in [1.54, 1.807) is 12.1 Å². The van der Waals surface area contributed by atoms with Gasteiger partial charge in [0.25, 0.3) is 0 Å². The number of rotatable bonds is 2. The molecule has 5 nitrogen and oxygen atoms in total. The lowest BCUT2D eigenvalue weighted by atomic mass is 10.1. The molecule has 1 atom stereocenters. The molecule has 1 aromatic heterocycles. The maximum absolute atomic E-state index is 10.7. The van der Waals surface area contributed by atoms with Gasteiger partial charge in [0.05, 0.1) is 5.52 Å². The Morgan fingerprint density at radius 3 is 2.93 bits per heavy atom. The number of halogens is 1. The lowest BCUT2D eigenvalue weighted by molar-refractivity contribution is -0.146. The van der Waals surface area contributed by atoms with Crippen LogP contribution in [0.15, 0.2) is 22.8 Å². The fourth-order valence-electron chi connectivity index (χ4n) is 1.38. The second-order valence-corrected chi connectivity index (χ2v) is 3.81. The zero-order valence-electron chi connectivity index (χ0n) is 7.44. The molecule has 2 rings (SSSR count). The van der Waals surface area contributed by atoms with Crippen LogP contribution in [0, 0.1) is 0 Å². The summed E-state index contributed by atoms with van der Waals surface area (Å²) in [6.07, 6.45) is -1.55. The van der Waals surface area contributed by atoms with Gasteiger partial charge in [0, 0.05) is 10.9 Å². The first-order valence-corrected chi connectivity index (χ1v) is 4.94. The van der Waals surface area contributed by atoms with Gasteiger partial charge in [0.2, 0.25) is 0 Å². The van der Waals surface area contributed by atoms with E-state index in [4.69, 9.17) is 5.11 Å². The van der Waals surface area contributed by atoms with Gasteiger partial charge >= 0.3 is 5.97 Å². The highest BCUT2D eigenvalue weighted by Crippen LogP contribution is 2.27. The van der Waals surface area contributed by atoms with Crippen molar-refractivity contribution in [1.82, 2.24) is 10.2 Å². The number of hydrogen-bond acceptors (Lipinski definition) is 3. The molecule has 3 N–H and O–H groups in total. The van der Waals surface area contributed by atoms with Crippen LogP contribution in [0.3, 0.4) is 0 Å². The minimum atomic E-state index is -1.55. The van der Waals surface area contributed by atoms with Gasteiger partial charge in [-0.1, -0.05) is 18.2 Å². The summed E-state index contributed by atoms with van der Waals surface area (Å²) in [6.45, 7) is 0. The number of carboxylic acids is 1. The van der Waals surface area contributed by atoms with Crippen molar-refractivity contribution in [3.05, 3.63) is 28.4 Å². The molecule has 0 saturated heterocycles. The Morgan fingerprint density at radius 2 is 2.27 bits per heavy atom. The second kappa shape index (κ2) is 3.63. The summed E-state index contributed by atoms with van der Waals surface area (Å²) in [5.74, 6) is -1.29. The summed E-state index contributed by atoms with van der Waals surface area (Å²) < 4.78 is 0.664. The van der Waals surface area contributed by atoms with Crippen LogP contribution >= 0.6 is 15.9 Å². The molecule has 1 aromatic carbocycles. The molecule has 0 aliphatic carbocycles. The van der Waals surface area contributed by atoms with Crippen molar-refractivity contribution in [2.45, 2.75) is 6.10 Å². The topological polar surface area (TPSA) is 86.2 Å². The molecule has 0 bridgehead atoms. The van der Waals surface area contributed by atoms with Gasteiger partial charge in [-0.15, -0.1) is 0 Å². The van der Waals surface area contributed by atoms with Crippen molar-refractivity contribution in [2.75, 3.05) is 0 Å². The van der Waals surface area contributed by atoms with Crippen molar-refractivity contribution in [2.24, 2.45) is 0 Å². The summed E-state index contributed by atoms with van der Waals surface area (Å²) >= 11 is 3.24. The van der Waals surface area contributed by atoms with Crippen molar-refractivity contribution in [1.29, 1.82) is 0 Å². The van der Waals surface area contributed by atoms with Crippen LogP contribution in [0.4, 0.5) is 0 Å². The predicted molar refractivity (Wildman–Crippen MR) is 56.4 cm³/mol. The smallest absolute Gasteiger partial charge is 0.337 e. The van der Waals surface area contributed by atoms with Crippen molar-refractivity contribution >= 4 is 32.8 Å². The maximum Gasteiger partial charge on any atom is 0.337 e. The molecule has 0 saturated carbocycles. The molecule has 6 heteroatoms. The van der Waals surface area contributed by atoms with Crippen LogP contribution in [0.1, 0.15) is 11.7 Å². The fraction of sp³-hybridized carbons (Fsp3) is 0.111. The Hall–Kier alpha value is -1.40. The molecule has 78 valence electrons. The van der Waals surface area contributed by atoms with E-state index in [9.17, 15) is 9.90 Å². The lowest BCUT2D eigenvalue weighted by Gasteiger charge is -2.05. The number of nitrogens with one attached hydrogen (secondary N) is 1. The first-order valence-electron chi connectivity index (χ1n) is 4.14. The predicted octanol–water partition coefficient (Wildman–Crippen LogP) is 1.44. The molecule has 0 fully saturated rings. The molecule has 0 radical (unpaired) electrons. The molecular weight excluding hydrogens is 264 g/mol. The van der Waals surface area contributed by atoms with E-state index >= 15 is 0 Å². The molecule has 1 heterocycles. The number of aliphatic carboxylic acids is 1. The Kier molecular flexibility index (Phi) is 2.45. The number of fused-ring (bicyclic) bond motifs is 1. The molecule has 0 spiro atoms. The quantitative estimate of drug-likeness (QED) is 0.771. The van der Waals surface area contributed by atoms with Gasteiger partial charge in [-0.25, -0.2) is 4.79 Å². The average molecular weight is 271 g/mol. The molecule has 0 aliphatic heterocycles. The Labute approximate surface area is 92.9 Å². The molecule has 2 aromatic rings. The molecule has 1 unspecified atom stereocenters. The second-order valence-electron chi connectivity index (χ2n) is 3.02. The van der Waals surface area contributed by atoms with Gasteiger partial charge in [-0.05, 0) is 15.9 Å². The van der Waals surface area contributed by atoms with Gasteiger partial charge in [-0.3, -0.25) is 5.10 Å². The van der Waals surface area contributed by atoms with E-state index in [-0.39, 0.29) is 5.56 Å². The van der Waals surface area contributed by atoms with E-state index in [1.807, 2.05) is 0 Å². The third kappa shape index (κ3) is 1.62. The standard InChI is InChI=1S/C9H7BrN2O3/c10-8-5-3-1-2-4(6(5)11-12-8)7(13)9(14)15/h1-3,7,13H,(H,11,12)(H,14,15). The number of aliphatic hydroxyl groups excluding tert-OH is 1. The van der Waals surface area contributed by atoms with Crippen LogP contribution in [0.25, 0.3) is 10.9 Å².